The van der Waals surface area contributed by atoms with Gasteiger partial charge < -0.3 is 10.6 Å². The van der Waals surface area contributed by atoms with Gasteiger partial charge in [-0.15, -0.1) is 11.3 Å². The van der Waals surface area contributed by atoms with Gasteiger partial charge in [0.1, 0.15) is 0 Å². The molecule has 24 heavy (non-hydrogen) atoms. The van der Waals surface area contributed by atoms with Crippen LogP contribution in [-0.4, -0.2) is 31.1 Å². The highest BCUT2D eigenvalue weighted by molar-refractivity contribution is 7.11. The van der Waals surface area contributed by atoms with Gasteiger partial charge in [0.05, 0.1) is 10.7 Å². The molecule has 2 aromatic rings. The molecular weight excluding hydrogens is 316 g/mol. The summed E-state index contributed by atoms with van der Waals surface area (Å²) in [5.41, 5.74) is 2.89. The van der Waals surface area contributed by atoms with Gasteiger partial charge in [0.25, 0.3) is 0 Å². The Labute approximate surface area is 148 Å². The van der Waals surface area contributed by atoms with E-state index in [0.29, 0.717) is 5.41 Å². The van der Waals surface area contributed by atoms with Gasteiger partial charge in [0, 0.05) is 36.9 Å². The van der Waals surface area contributed by atoms with Gasteiger partial charge in [0.2, 0.25) is 0 Å². The Morgan fingerprint density at radius 3 is 2.54 bits per heavy atom. The zero-order valence-corrected chi connectivity index (χ0v) is 15.5. The highest BCUT2D eigenvalue weighted by Gasteiger charge is 2.43. The van der Waals surface area contributed by atoms with E-state index in [1.807, 2.05) is 7.05 Å². The van der Waals surface area contributed by atoms with E-state index in [-0.39, 0.29) is 0 Å². The number of nitrogens with one attached hydrogen (secondary N) is 2. The summed E-state index contributed by atoms with van der Waals surface area (Å²) in [5, 5.41) is 8.07. The maximum atomic E-state index is 4.48. The molecule has 0 saturated heterocycles. The van der Waals surface area contributed by atoms with E-state index >= 15 is 0 Å². The van der Waals surface area contributed by atoms with E-state index in [9.17, 15) is 0 Å². The summed E-state index contributed by atoms with van der Waals surface area (Å²) in [4.78, 5) is 10.2. The number of nitrogens with zero attached hydrogens (tertiary/aromatic N) is 2. The highest BCUT2D eigenvalue weighted by atomic mass is 32.1. The number of rotatable bonds is 6. The Kier molecular flexibility index (Phi) is 5.19. The van der Waals surface area contributed by atoms with E-state index in [2.05, 4.69) is 64.8 Å². The zero-order valence-electron chi connectivity index (χ0n) is 14.7. The first kappa shape index (κ1) is 17.0. The maximum Gasteiger partial charge on any atom is 0.191 e. The van der Waals surface area contributed by atoms with Crippen LogP contribution in [-0.2, 0) is 11.8 Å². The molecule has 0 atom stereocenters. The van der Waals surface area contributed by atoms with Crippen LogP contribution < -0.4 is 10.6 Å². The Morgan fingerprint density at radius 2 is 1.96 bits per heavy atom. The maximum absolute atomic E-state index is 4.48. The van der Waals surface area contributed by atoms with Crippen molar-refractivity contribution < 1.29 is 0 Å². The largest absolute Gasteiger partial charge is 0.356 e. The lowest BCUT2D eigenvalue weighted by atomic mass is 9.96. The van der Waals surface area contributed by atoms with Crippen molar-refractivity contribution in [3.8, 4) is 0 Å². The molecule has 1 aliphatic carbocycles. The van der Waals surface area contributed by atoms with E-state index in [1.165, 1.54) is 23.3 Å². The zero-order chi connectivity index (χ0) is 17.0. The average Bonchev–Trinajstić information content (AvgIpc) is 3.32. The lowest BCUT2D eigenvalue weighted by Crippen LogP contribution is -2.41. The molecule has 2 N–H and O–H groups in total. The molecule has 128 valence electrons. The fourth-order valence-corrected chi connectivity index (χ4v) is 4.02. The fourth-order valence-electron chi connectivity index (χ4n) is 3.08. The van der Waals surface area contributed by atoms with E-state index in [1.54, 1.807) is 11.3 Å². The number of benzene rings is 1. The molecule has 0 unspecified atom stereocenters. The van der Waals surface area contributed by atoms with Crippen LogP contribution in [0.3, 0.4) is 0 Å². The third-order valence-electron chi connectivity index (χ3n) is 4.70. The van der Waals surface area contributed by atoms with E-state index in [0.717, 1.165) is 36.2 Å². The Balaban J connectivity index is 1.48. The van der Waals surface area contributed by atoms with Gasteiger partial charge in [-0.25, -0.2) is 4.98 Å². The molecular formula is C19H26N4S. The summed E-state index contributed by atoms with van der Waals surface area (Å²) in [7, 11) is 1.83. The standard InChI is InChI=1S/C19H26N4S/c1-14-17(24-15(2)23-14)9-12-21-18(20-3)22-13-19(10-11-19)16-7-5-4-6-8-16/h4-8H,9-13H2,1-3H3,(H2,20,21,22). The molecule has 0 amide bonds. The van der Waals surface area contributed by atoms with Crippen molar-refractivity contribution in [3.63, 3.8) is 0 Å². The van der Waals surface area contributed by atoms with Crippen molar-refractivity contribution >= 4 is 17.3 Å². The first-order valence-electron chi connectivity index (χ1n) is 8.56. The van der Waals surface area contributed by atoms with Crippen LogP contribution in [0.5, 0.6) is 0 Å². The second kappa shape index (κ2) is 7.34. The van der Waals surface area contributed by atoms with E-state index in [4.69, 9.17) is 0 Å². The summed E-state index contributed by atoms with van der Waals surface area (Å²) < 4.78 is 0. The number of hydrogen-bond donors (Lipinski definition) is 2. The smallest absolute Gasteiger partial charge is 0.191 e. The lowest BCUT2D eigenvalue weighted by molar-refractivity contribution is 0.645. The second-order valence-corrected chi connectivity index (χ2v) is 7.78. The fraction of sp³-hybridized carbons (Fsp3) is 0.474. The molecule has 0 aliphatic heterocycles. The number of thiazole rings is 1. The minimum atomic E-state index is 0.296. The molecule has 1 aromatic heterocycles. The molecule has 0 bridgehead atoms. The van der Waals surface area contributed by atoms with Crippen molar-refractivity contribution in [2.24, 2.45) is 4.99 Å². The summed E-state index contributed by atoms with van der Waals surface area (Å²) in [6.45, 7) is 5.96. The first-order chi connectivity index (χ1) is 11.6. The predicted molar refractivity (Wildman–Crippen MR) is 102 cm³/mol. The topological polar surface area (TPSA) is 49.3 Å². The summed E-state index contributed by atoms with van der Waals surface area (Å²) in [6.07, 6.45) is 3.49. The van der Waals surface area contributed by atoms with Crippen molar-refractivity contribution in [2.75, 3.05) is 20.1 Å². The molecule has 5 heteroatoms. The number of aromatic nitrogens is 1. The average molecular weight is 343 g/mol. The third-order valence-corrected chi connectivity index (χ3v) is 5.83. The number of guanidine groups is 1. The summed E-state index contributed by atoms with van der Waals surface area (Å²) in [6, 6.07) is 10.8. The van der Waals surface area contributed by atoms with Gasteiger partial charge >= 0.3 is 0 Å². The predicted octanol–water partition coefficient (Wildman–Crippen LogP) is 3.20. The van der Waals surface area contributed by atoms with Gasteiger partial charge in [-0.05, 0) is 32.3 Å². The van der Waals surface area contributed by atoms with Crippen LogP contribution in [0.2, 0.25) is 0 Å². The number of aliphatic imine (C=N–C) groups is 1. The van der Waals surface area contributed by atoms with Crippen molar-refractivity contribution in [2.45, 2.75) is 38.5 Å². The molecule has 1 fully saturated rings. The quantitative estimate of drug-likeness (QED) is 0.626. The second-order valence-electron chi connectivity index (χ2n) is 6.49. The minimum Gasteiger partial charge on any atom is -0.356 e. The van der Waals surface area contributed by atoms with Crippen LogP contribution in [0, 0.1) is 13.8 Å². The summed E-state index contributed by atoms with van der Waals surface area (Å²) >= 11 is 1.79. The number of hydrogen-bond acceptors (Lipinski definition) is 3. The SMILES string of the molecule is CN=C(NCCc1sc(C)nc1C)NCC1(c2ccccc2)CC1. The molecule has 0 spiro atoms. The molecule has 1 aliphatic rings. The van der Waals surface area contributed by atoms with Gasteiger partial charge in [-0.2, -0.15) is 0 Å². The van der Waals surface area contributed by atoms with Crippen molar-refractivity contribution in [1.82, 2.24) is 15.6 Å². The highest BCUT2D eigenvalue weighted by Crippen LogP contribution is 2.47. The van der Waals surface area contributed by atoms with Crippen molar-refractivity contribution in [3.05, 3.63) is 51.5 Å². The number of aryl methyl sites for hydroxylation is 2. The van der Waals surface area contributed by atoms with Gasteiger partial charge in [-0.1, -0.05) is 30.3 Å². The van der Waals surface area contributed by atoms with E-state index < -0.39 is 0 Å². The normalized spacial score (nSPS) is 16.0. The molecule has 3 rings (SSSR count). The summed E-state index contributed by atoms with van der Waals surface area (Å²) in [5.74, 6) is 0.885. The van der Waals surface area contributed by atoms with Crippen LogP contribution in [0.4, 0.5) is 0 Å². The Morgan fingerprint density at radius 1 is 1.21 bits per heavy atom. The Bertz CT molecular complexity index is 701. The van der Waals surface area contributed by atoms with Gasteiger partial charge in [-0.3, -0.25) is 4.99 Å². The molecule has 4 nitrogen and oxygen atoms in total. The third kappa shape index (κ3) is 3.96. The Hall–Kier alpha value is -1.88. The van der Waals surface area contributed by atoms with Crippen LogP contribution >= 0.6 is 11.3 Å². The van der Waals surface area contributed by atoms with Crippen molar-refractivity contribution in [1.29, 1.82) is 0 Å². The van der Waals surface area contributed by atoms with Crippen LogP contribution in [0.25, 0.3) is 0 Å². The lowest BCUT2D eigenvalue weighted by Gasteiger charge is -2.19. The van der Waals surface area contributed by atoms with Gasteiger partial charge in [0.15, 0.2) is 5.96 Å². The van der Waals surface area contributed by atoms with Crippen LogP contribution in [0.15, 0.2) is 35.3 Å². The minimum absolute atomic E-state index is 0.296. The molecule has 1 aromatic carbocycles. The monoisotopic (exact) mass is 342 g/mol. The first-order valence-corrected chi connectivity index (χ1v) is 9.37. The molecule has 0 radical (unpaired) electrons. The van der Waals surface area contributed by atoms with Crippen LogP contribution in [0.1, 0.15) is 34.0 Å². The molecule has 1 heterocycles. The molecule has 1 saturated carbocycles.